The third-order valence-corrected chi connectivity index (χ3v) is 2.10. The van der Waals surface area contributed by atoms with Crippen molar-refractivity contribution in [3.8, 4) is 0 Å². The normalized spacial score (nSPS) is 9.92. The summed E-state index contributed by atoms with van der Waals surface area (Å²) >= 11 is 3.41. The molecule has 2 nitrogen and oxygen atoms in total. The summed E-state index contributed by atoms with van der Waals surface area (Å²) in [4.78, 5) is 6.34. The fraction of sp³-hybridized carbons (Fsp3) is 0.444. The molecule has 0 radical (unpaired) electrons. The summed E-state index contributed by atoms with van der Waals surface area (Å²) in [5.74, 6) is 0. The molecule has 0 atom stereocenters. The minimum Gasteiger partial charge on any atom is -0.374 e. The number of nitrogens with zero attached hydrogens (tertiary/aromatic N) is 2. The Morgan fingerprint density at radius 3 is 2.92 bits per heavy atom. The lowest BCUT2D eigenvalue weighted by molar-refractivity contribution is 0.975. The molecule has 0 aromatic carbocycles. The molecule has 3 heteroatoms. The van der Waals surface area contributed by atoms with Gasteiger partial charge in [0, 0.05) is 36.5 Å². The molecule has 0 fully saturated rings. The van der Waals surface area contributed by atoms with Crippen LogP contribution in [0.2, 0.25) is 0 Å². The van der Waals surface area contributed by atoms with Crippen molar-refractivity contribution in [1.82, 2.24) is 4.98 Å². The van der Waals surface area contributed by atoms with E-state index in [-0.39, 0.29) is 0 Å². The van der Waals surface area contributed by atoms with Crippen molar-refractivity contribution in [1.29, 1.82) is 0 Å². The van der Waals surface area contributed by atoms with Crippen LogP contribution in [-0.2, 0) is 0 Å². The highest BCUT2D eigenvalue weighted by Gasteiger charge is 1.98. The maximum absolute atomic E-state index is 4.14. The SMILES string of the molecule is Cc1cc(N(C)CCBr)ccn1. The largest absolute Gasteiger partial charge is 0.374 e. The van der Waals surface area contributed by atoms with E-state index in [9.17, 15) is 0 Å². The van der Waals surface area contributed by atoms with Gasteiger partial charge < -0.3 is 4.90 Å². The Bertz CT molecular complexity index is 250. The van der Waals surface area contributed by atoms with Gasteiger partial charge in [-0.2, -0.15) is 0 Å². The monoisotopic (exact) mass is 228 g/mol. The van der Waals surface area contributed by atoms with E-state index in [1.54, 1.807) is 0 Å². The molecule has 0 saturated carbocycles. The van der Waals surface area contributed by atoms with Crippen molar-refractivity contribution < 1.29 is 0 Å². The van der Waals surface area contributed by atoms with Gasteiger partial charge in [-0.3, -0.25) is 4.98 Å². The van der Waals surface area contributed by atoms with E-state index in [0.717, 1.165) is 17.6 Å². The Kier molecular flexibility index (Phi) is 3.53. The van der Waals surface area contributed by atoms with E-state index in [1.165, 1.54) is 5.69 Å². The van der Waals surface area contributed by atoms with Gasteiger partial charge in [0.15, 0.2) is 0 Å². The van der Waals surface area contributed by atoms with Crippen LogP contribution in [0.25, 0.3) is 0 Å². The predicted molar refractivity (Wildman–Crippen MR) is 56.0 cm³/mol. The first kappa shape index (κ1) is 9.52. The van der Waals surface area contributed by atoms with Crippen LogP contribution in [0.3, 0.4) is 0 Å². The second-order valence-electron chi connectivity index (χ2n) is 2.77. The van der Waals surface area contributed by atoms with Gasteiger partial charge >= 0.3 is 0 Å². The molecule has 0 N–H and O–H groups in total. The molecule has 0 aliphatic heterocycles. The zero-order valence-electron chi connectivity index (χ0n) is 7.42. The molecule has 1 aromatic heterocycles. The van der Waals surface area contributed by atoms with Crippen molar-refractivity contribution in [2.24, 2.45) is 0 Å². The highest BCUT2D eigenvalue weighted by Crippen LogP contribution is 2.11. The Morgan fingerprint density at radius 1 is 1.58 bits per heavy atom. The van der Waals surface area contributed by atoms with Crippen LogP contribution < -0.4 is 4.90 Å². The van der Waals surface area contributed by atoms with Gasteiger partial charge in [-0.05, 0) is 19.1 Å². The molecule has 0 amide bonds. The Morgan fingerprint density at radius 2 is 2.33 bits per heavy atom. The molecule has 0 aliphatic rings. The second kappa shape index (κ2) is 4.45. The summed E-state index contributed by atoms with van der Waals surface area (Å²) in [6.45, 7) is 3.02. The number of hydrogen-bond donors (Lipinski definition) is 0. The summed E-state index contributed by atoms with van der Waals surface area (Å²) in [6.07, 6.45) is 1.84. The average molecular weight is 229 g/mol. The minimum atomic E-state index is 0.991. The third kappa shape index (κ3) is 2.48. The number of pyridine rings is 1. The van der Waals surface area contributed by atoms with E-state index in [2.05, 4.69) is 38.9 Å². The van der Waals surface area contributed by atoms with Gasteiger partial charge in [0.1, 0.15) is 0 Å². The summed E-state index contributed by atoms with van der Waals surface area (Å²) in [6, 6.07) is 4.11. The smallest absolute Gasteiger partial charge is 0.0397 e. The van der Waals surface area contributed by atoms with Crippen molar-refractivity contribution in [3.63, 3.8) is 0 Å². The molecular formula is C9H13BrN2. The first-order valence-corrected chi connectivity index (χ1v) is 5.06. The molecule has 1 rings (SSSR count). The molecule has 0 saturated heterocycles. The average Bonchev–Trinajstić information content (AvgIpc) is 2.05. The van der Waals surface area contributed by atoms with Gasteiger partial charge in [0.2, 0.25) is 0 Å². The zero-order valence-corrected chi connectivity index (χ0v) is 9.00. The van der Waals surface area contributed by atoms with E-state index < -0.39 is 0 Å². The molecule has 66 valence electrons. The van der Waals surface area contributed by atoms with Crippen molar-refractivity contribution in [3.05, 3.63) is 24.0 Å². The summed E-state index contributed by atoms with van der Waals surface area (Å²) in [5.41, 5.74) is 2.29. The van der Waals surface area contributed by atoms with Gasteiger partial charge in [0.25, 0.3) is 0 Å². The molecular weight excluding hydrogens is 216 g/mol. The highest BCUT2D eigenvalue weighted by atomic mass is 79.9. The summed E-state index contributed by atoms with van der Waals surface area (Å²) in [5, 5.41) is 0.991. The van der Waals surface area contributed by atoms with Crippen LogP contribution in [0.15, 0.2) is 18.3 Å². The molecule has 1 aromatic rings. The fourth-order valence-corrected chi connectivity index (χ4v) is 1.56. The van der Waals surface area contributed by atoms with Gasteiger partial charge in [-0.1, -0.05) is 15.9 Å². The standard InChI is InChI=1S/C9H13BrN2/c1-8-7-9(3-5-11-8)12(2)6-4-10/h3,5,7H,4,6H2,1-2H3. The van der Waals surface area contributed by atoms with Gasteiger partial charge in [-0.15, -0.1) is 0 Å². The van der Waals surface area contributed by atoms with Crippen LogP contribution >= 0.6 is 15.9 Å². The van der Waals surface area contributed by atoms with Crippen LogP contribution in [0, 0.1) is 6.92 Å². The third-order valence-electron chi connectivity index (χ3n) is 1.74. The van der Waals surface area contributed by atoms with Crippen molar-refractivity contribution >= 4 is 21.6 Å². The lowest BCUT2D eigenvalue weighted by Crippen LogP contribution is -2.19. The highest BCUT2D eigenvalue weighted by molar-refractivity contribution is 9.09. The lowest BCUT2D eigenvalue weighted by atomic mass is 10.3. The second-order valence-corrected chi connectivity index (χ2v) is 3.56. The summed E-state index contributed by atoms with van der Waals surface area (Å²) in [7, 11) is 2.08. The zero-order chi connectivity index (χ0) is 8.97. The number of aryl methyl sites for hydroxylation is 1. The maximum atomic E-state index is 4.14. The fourth-order valence-electron chi connectivity index (χ4n) is 1.02. The van der Waals surface area contributed by atoms with Crippen LogP contribution in [0.5, 0.6) is 0 Å². The van der Waals surface area contributed by atoms with Crippen LogP contribution in [0.1, 0.15) is 5.69 Å². The number of alkyl halides is 1. The first-order chi connectivity index (χ1) is 5.74. The van der Waals surface area contributed by atoms with Gasteiger partial charge in [-0.25, -0.2) is 0 Å². The van der Waals surface area contributed by atoms with Gasteiger partial charge in [0.05, 0.1) is 0 Å². The van der Waals surface area contributed by atoms with E-state index >= 15 is 0 Å². The lowest BCUT2D eigenvalue weighted by Gasteiger charge is -2.17. The molecule has 0 unspecified atom stereocenters. The summed E-state index contributed by atoms with van der Waals surface area (Å²) < 4.78 is 0. The maximum Gasteiger partial charge on any atom is 0.0397 e. The van der Waals surface area contributed by atoms with Crippen LogP contribution in [-0.4, -0.2) is 23.9 Å². The topological polar surface area (TPSA) is 16.1 Å². The molecule has 0 bridgehead atoms. The molecule has 1 heterocycles. The molecule has 0 aliphatic carbocycles. The van der Waals surface area contributed by atoms with Crippen molar-refractivity contribution in [2.45, 2.75) is 6.92 Å². The molecule has 12 heavy (non-hydrogen) atoms. The van der Waals surface area contributed by atoms with E-state index in [4.69, 9.17) is 0 Å². The number of anilines is 1. The predicted octanol–water partition coefficient (Wildman–Crippen LogP) is 2.22. The number of aromatic nitrogens is 1. The Balaban J connectivity index is 2.73. The number of halogens is 1. The molecule has 0 spiro atoms. The number of rotatable bonds is 3. The van der Waals surface area contributed by atoms with E-state index in [0.29, 0.717) is 0 Å². The first-order valence-electron chi connectivity index (χ1n) is 3.94. The quantitative estimate of drug-likeness (QED) is 0.739. The Labute approximate surface area is 81.7 Å². The van der Waals surface area contributed by atoms with E-state index in [1.807, 2.05) is 19.2 Å². The minimum absolute atomic E-state index is 0.991. The Hall–Kier alpha value is -0.570. The van der Waals surface area contributed by atoms with Crippen LogP contribution in [0.4, 0.5) is 5.69 Å². The number of hydrogen-bond acceptors (Lipinski definition) is 2. The van der Waals surface area contributed by atoms with Crippen molar-refractivity contribution in [2.75, 3.05) is 23.8 Å².